The summed E-state index contributed by atoms with van der Waals surface area (Å²) >= 11 is 0. The highest BCUT2D eigenvalue weighted by atomic mass is 19.4. The molecule has 1 aromatic heterocycles. The Morgan fingerprint density at radius 3 is 2.13 bits per heavy atom. The van der Waals surface area contributed by atoms with Crippen LogP contribution in [-0.4, -0.2) is 4.57 Å². The topological polar surface area (TPSA) is 35.6 Å². The third-order valence-corrected chi connectivity index (χ3v) is 6.70. The van der Waals surface area contributed by atoms with Gasteiger partial charge in [0.05, 0.1) is 18.7 Å². The molecule has 0 unspecified atom stereocenters. The number of alkyl halides is 3. The average molecular weight is 531 g/mol. The van der Waals surface area contributed by atoms with Gasteiger partial charge in [-0.15, -0.1) is 0 Å². The van der Waals surface area contributed by atoms with Crippen LogP contribution in [0.2, 0.25) is 0 Å². The maximum atomic E-state index is 13.9. The van der Waals surface area contributed by atoms with Crippen LogP contribution in [0.5, 0.6) is 11.5 Å². The van der Waals surface area contributed by atoms with Crippen molar-refractivity contribution in [3.63, 3.8) is 0 Å². The summed E-state index contributed by atoms with van der Waals surface area (Å²) in [6, 6.07) is 20.8. The fourth-order valence-corrected chi connectivity index (χ4v) is 4.36. The molecule has 0 saturated carbocycles. The molecule has 3 aromatic carbocycles. The quantitative estimate of drug-likeness (QED) is 0.242. The first-order valence-electron chi connectivity index (χ1n) is 12.5. The molecule has 39 heavy (non-hydrogen) atoms. The van der Waals surface area contributed by atoms with E-state index in [1.807, 2.05) is 44.2 Å². The van der Waals surface area contributed by atoms with Crippen molar-refractivity contribution in [2.75, 3.05) is 0 Å². The van der Waals surface area contributed by atoms with Gasteiger partial charge in [-0.3, -0.25) is 4.79 Å². The Morgan fingerprint density at radius 2 is 1.56 bits per heavy atom. The van der Waals surface area contributed by atoms with Crippen molar-refractivity contribution in [1.82, 2.24) is 4.57 Å². The molecule has 1 heterocycles. The van der Waals surface area contributed by atoms with E-state index in [0.29, 0.717) is 17.1 Å². The highest BCUT2D eigenvalue weighted by Gasteiger charge is 2.36. The number of hydrogen-bond acceptors (Lipinski definition) is 2. The van der Waals surface area contributed by atoms with E-state index in [0.717, 1.165) is 22.8 Å². The molecule has 0 aliphatic rings. The predicted octanol–water partition coefficient (Wildman–Crippen LogP) is 8.84. The number of nitrogens with zero attached hydrogens (tertiary/aromatic N) is 2. The van der Waals surface area contributed by atoms with Crippen LogP contribution in [0, 0.1) is 20.4 Å². The van der Waals surface area contributed by atoms with Gasteiger partial charge in [-0.1, -0.05) is 57.2 Å². The zero-order valence-electron chi connectivity index (χ0n) is 22.5. The van der Waals surface area contributed by atoms with E-state index in [4.69, 9.17) is 11.3 Å². The predicted molar refractivity (Wildman–Crippen MR) is 148 cm³/mol. The van der Waals surface area contributed by atoms with Crippen LogP contribution in [0.1, 0.15) is 48.6 Å². The molecular formula is C32H29F3N2O2. The number of halogens is 3. The van der Waals surface area contributed by atoms with Gasteiger partial charge in [0.1, 0.15) is 11.5 Å². The van der Waals surface area contributed by atoms with Gasteiger partial charge in [0.15, 0.2) is 0 Å². The Bertz CT molecular complexity index is 1620. The van der Waals surface area contributed by atoms with Gasteiger partial charge in [-0.2, -0.15) is 13.2 Å². The smallest absolute Gasteiger partial charge is 0.407 e. The Morgan fingerprint density at radius 1 is 0.897 bits per heavy atom. The minimum Gasteiger partial charge on any atom is -0.457 e. The second-order valence-corrected chi connectivity index (χ2v) is 10.6. The maximum Gasteiger partial charge on any atom is 0.407 e. The summed E-state index contributed by atoms with van der Waals surface area (Å²) in [4.78, 5) is 16.2. The number of benzene rings is 3. The number of aromatic nitrogens is 1. The third kappa shape index (κ3) is 5.91. The summed E-state index contributed by atoms with van der Waals surface area (Å²) in [5, 5.41) is 0. The fraction of sp³-hybridized carbons (Fsp3) is 0.250. The number of ether oxygens (including phenoxy) is 1. The van der Waals surface area contributed by atoms with E-state index in [1.165, 1.54) is 10.1 Å². The molecule has 0 atom stereocenters. The van der Waals surface area contributed by atoms with Gasteiger partial charge in [-0.25, -0.2) is 4.85 Å². The van der Waals surface area contributed by atoms with Gasteiger partial charge in [0, 0.05) is 5.69 Å². The van der Waals surface area contributed by atoms with E-state index in [2.05, 4.69) is 31.7 Å². The number of rotatable bonds is 5. The second kappa shape index (κ2) is 10.5. The van der Waals surface area contributed by atoms with Crippen molar-refractivity contribution < 1.29 is 17.9 Å². The van der Waals surface area contributed by atoms with Gasteiger partial charge in [0.2, 0.25) is 0 Å². The molecule has 200 valence electrons. The van der Waals surface area contributed by atoms with Crippen molar-refractivity contribution in [2.45, 2.75) is 52.8 Å². The Kier molecular flexibility index (Phi) is 7.43. The van der Waals surface area contributed by atoms with E-state index in [1.54, 1.807) is 30.3 Å². The van der Waals surface area contributed by atoms with E-state index in [-0.39, 0.29) is 17.7 Å². The van der Waals surface area contributed by atoms with Crippen LogP contribution in [0.25, 0.3) is 16.1 Å². The molecular weight excluding hydrogens is 501 g/mol. The van der Waals surface area contributed by atoms with Crippen LogP contribution in [-0.2, 0) is 18.1 Å². The SMILES string of the molecule is [C-]#[N+]c1c(C(F)(F)F)cc(-c2ccc(Oc3ccc(C(C)(C)C)cc3C)cc2)n(Cc2ccccc2C)c1=O. The summed E-state index contributed by atoms with van der Waals surface area (Å²) < 4.78 is 48.9. The largest absolute Gasteiger partial charge is 0.457 e. The van der Waals surface area contributed by atoms with Gasteiger partial charge >= 0.3 is 6.18 Å². The third-order valence-electron chi connectivity index (χ3n) is 6.70. The Balaban J connectivity index is 1.77. The van der Waals surface area contributed by atoms with E-state index >= 15 is 0 Å². The molecule has 0 spiro atoms. The Labute approximate surface area is 226 Å². The molecule has 0 amide bonds. The van der Waals surface area contributed by atoms with Crippen LogP contribution in [0.3, 0.4) is 0 Å². The number of pyridine rings is 1. The van der Waals surface area contributed by atoms with Gasteiger partial charge in [-0.05, 0) is 83.5 Å². The Hall–Kier alpha value is -4.31. The normalized spacial score (nSPS) is 11.8. The zero-order chi connectivity index (χ0) is 28.5. The molecule has 4 rings (SSSR count). The van der Waals surface area contributed by atoms with Gasteiger partial charge < -0.3 is 9.30 Å². The van der Waals surface area contributed by atoms with Crippen molar-refractivity contribution in [1.29, 1.82) is 0 Å². The van der Waals surface area contributed by atoms with Crippen LogP contribution in [0.4, 0.5) is 18.9 Å². The average Bonchev–Trinajstić information content (AvgIpc) is 2.86. The highest BCUT2D eigenvalue weighted by molar-refractivity contribution is 5.67. The lowest BCUT2D eigenvalue weighted by atomic mass is 9.86. The number of aryl methyl sites for hydroxylation is 2. The molecule has 0 radical (unpaired) electrons. The first-order chi connectivity index (χ1) is 18.3. The highest BCUT2D eigenvalue weighted by Crippen LogP contribution is 2.38. The van der Waals surface area contributed by atoms with Crippen molar-refractivity contribution >= 4 is 5.69 Å². The monoisotopic (exact) mass is 530 g/mol. The summed E-state index contributed by atoms with van der Waals surface area (Å²) in [5.41, 5.74) is 1.10. The lowest BCUT2D eigenvalue weighted by Crippen LogP contribution is -2.25. The minimum absolute atomic E-state index is 0.00290. The lowest BCUT2D eigenvalue weighted by molar-refractivity contribution is -0.136. The standard InChI is InChI=1S/C32H29F3N2O2/c1-20-9-7-8-10-23(20)19-37-27(18-26(32(33,34)35)29(36-6)30(37)38)22-11-14-25(15-12-22)39-28-16-13-24(17-21(28)2)31(3,4)5/h7-18H,19H2,1-5H3. The summed E-state index contributed by atoms with van der Waals surface area (Å²) in [6.07, 6.45) is -4.85. The van der Waals surface area contributed by atoms with Crippen molar-refractivity contribution in [3.05, 3.63) is 122 Å². The molecule has 0 fully saturated rings. The van der Waals surface area contributed by atoms with E-state index in [9.17, 15) is 18.0 Å². The molecule has 0 aliphatic carbocycles. The first kappa shape index (κ1) is 27.7. The van der Waals surface area contributed by atoms with Crippen LogP contribution >= 0.6 is 0 Å². The number of hydrogen-bond donors (Lipinski definition) is 0. The van der Waals surface area contributed by atoms with Crippen LogP contribution < -0.4 is 10.3 Å². The maximum absolute atomic E-state index is 13.9. The molecule has 0 aliphatic heterocycles. The van der Waals surface area contributed by atoms with E-state index < -0.39 is 23.0 Å². The first-order valence-corrected chi connectivity index (χ1v) is 12.5. The lowest BCUT2D eigenvalue weighted by Gasteiger charge is -2.21. The zero-order valence-corrected chi connectivity index (χ0v) is 22.5. The van der Waals surface area contributed by atoms with Gasteiger partial charge in [0.25, 0.3) is 11.2 Å². The molecule has 4 aromatic rings. The molecule has 0 N–H and O–H groups in total. The van der Waals surface area contributed by atoms with Crippen LogP contribution in [0.15, 0.2) is 77.6 Å². The van der Waals surface area contributed by atoms with Crippen molar-refractivity contribution in [2.24, 2.45) is 0 Å². The molecule has 4 nitrogen and oxygen atoms in total. The summed E-state index contributed by atoms with van der Waals surface area (Å²) in [7, 11) is 0. The molecule has 0 bridgehead atoms. The molecule has 0 saturated heterocycles. The van der Waals surface area contributed by atoms with Crippen molar-refractivity contribution in [3.8, 4) is 22.8 Å². The summed E-state index contributed by atoms with van der Waals surface area (Å²) in [5.74, 6) is 1.18. The second-order valence-electron chi connectivity index (χ2n) is 10.6. The summed E-state index contributed by atoms with van der Waals surface area (Å²) in [6.45, 7) is 17.5. The minimum atomic E-state index is -4.85. The molecule has 7 heteroatoms. The fourth-order valence-electron chi connectivity index (χ4n) is 4.36.